The molecule has 1 atom stereocenters. The maximum Gasteiger partial charge on any atom is 0.255 e. The summed E-state index contributed by atoms with van der Waals surface area (Å²) in [5.41, 5.74) is 1.69. The molecule has 0 aliphatic heterocycles. The number of rotatable bonds is 5. The predicted octanol–water partition coefficient (Wildman–Crippen LogP) is 2.32. The molecule has 19 heavy (non-hydrogen) atoms. The molecule has 0 bridgehead atoms. The van der Waals surface area contributed by atoms with Gasteiger partial charge >= 0.3 is 0 Å². The van der Waals surface area contributed by atoms with Crippen LogP contribution in [0.15, 0.2) is 6.07 Å². The molecule has 4 nitrogen and oxygen atoms in total. The highest BCUT2D eigenvalue weighted by atomic mass is 19.3. The van der Waals surface area contributed by atoms with Crippen LogP contribution in [0.25, 0.3) is 0 Å². The van der Waals surface area contributed by atoms with Crippen molar-refractivity contribution < 1.29 is 13.6 Å². The van der Waals surface area contributed by atoms with Gasteiger partial charge in [0.15, 0.2) is 0 Å². The number of alkyl halides is 2. The Bertz CT molecular complexity index is 468. The van der Waals surface area contributed by atoms with Crippen LogP contribution in [0, 0.1) is 13.8 Å². The van der Waals surface area contributed by atoms with Crippen molar-refractivity contribution in [1.82, 2.24) is 14.7 Å². The monoisotopic (exact) mass is 271 g/mol. The van der Waals surface area contributed by atoms with Gasteiger partial charge in [-0.25, -0.2) is 8.78 Å². The summed E-state index contributed by atoms with van der Waals surface area (Å²) in [6.45, 7) is 4.94. The van der Waals surface area contributed by atoms with Crippen LogP contribution in [0.4, 0.5) is 8.78 Å². The topological polar surface area (TPSA) is 38.1 Å². The minimum atomic E-state index is -2.49. The molecule has 1 aromatic heterocycles. The zero-order chi connectivity index (χ0) is 14.2. The second kappa shape index (κ2) is 5.27. The first-order valence-electron chi connectivity index (χ1n) is 6.51. The minimum Gasteiger partial charge on any atom is -0.332 e. The van der Waals surface area contributed by atoms with Crippen LogP contribution in [-0.4, -0.2) is 39.6 Å². The average molecular weight is 271 g/mol. The Kier molecular flexibility index (Phi) is 3.87. The second-order valence-electron chi connectivity index (χ2n) is 5.16. The van der Waals surface area contributed by atoms with Crippen LogP contribution in [0.2, 0.25) is 0 Å². The molecule has 1 aliphatic rings. The van der Waals surface area contributed by atoms with Crippen LogP contribution in [0.3, 0.4) is 0 Å². The average Bonchev–Trinajstić information content (AvgIpc) is 3.10. The first-order chi connectivity index (χ1) is 8.90. The summed E-state index contributed by atoms with van der Waals surface area (Å²) in [6, 6.07) is 1.33. The molecule has 0 unspecified atom stereocenters. The van der Waals surface area contributed by atoms with Crippen LogP contribution < -0.4 is 0 Å². The Hall–Kier alpha value is -1.46. The number of aryl methyl sites for hydroxylation is 2. The predicted molar refractivity (Wildman–Crippen MR) is 67.2 cm³/mol. The van der Waals surface area contributed by atoms with Gasteiger partial charge in [-0.1, -0.05) is 0 Å². The molecule has 1 fully saturated rings. The third-order valence-corrected chi connectivity index (χ3v) is 3.37. The first kappa shape index (κ1) is 14.0. The first-order valence-corrected chi connectivity index (χ1v) is 6.51. The van der Waals surface area contributed by atoms with Gasteiger partial charge < -0.3 is 4.90 Å². The van der Waals surface area contributed by atoms with Crippen LogP contribution in [-0.2, 0) is 4.79 Å². The fourth-order valence-electron chi connectivity index (χ4n) is 2.34. The third-order valence-electron chi connectivity index (χ3n) is 3.37. The van der Waals surface area contributed by atoms with Crippen molar-refractivity contribution in [2.75, 3.05) is 6.54 Å². The van der Waals surface area contributed by atoms with E-state index in [2.05, 4.69) is 5.10 Å². The molecule has 0 aromatic carbocycles. The van der Waals surface area contributed by atoms with Crippen molar-refractivity contribution in [3.05, 3.63) is 17.5 Å². The molecule has 0 spiro atoms. The Morgan fingerprint density at radius 2 is 2.16 bits per heavy atom. The van der Waals surface area contributed by atoms with Crippen LogP contribution in [0.1, 0.15) is 37.2 Å². The van der Waals surface area contributed by atoms with E-state index in [1.807, 2.05) is 19.9 Å². The molecular weight excluding hydrogens is 252 g/mol. The molecule has 0 radical (unpaired) electrons. The number of aromatic nitrogens is 2. The fraction of sp³-hybridized carbons (Fsp3) is 0.692. The molecular formula is C13H19F2N3O. The van der Waals surface area contributed by atoms with Gasteiger partial charge in [-0.15, -0.1) is 0 Å². The van der Waals surface area contributed by atoms with Gasteiger partial charge in [0.2, 0.25) is 5.91 Å². The van der Waals surface area contributed by atoms with Gasteiger partial charge in [-0.05, 0) is 39.7 Å². The Morgan fingerprint density at radius 3 is 2.58 bits per heavy atom. The molecule has 1 heterocycles. The van der Waals surface area contributed by atoms with Gasteiger partial charge in [0.1, 0.15) is 6.04 Å². The van der Waals surface area contributed by atoms with E-state index in [0.717, 1.165) is 24.2 Å². The SMILES string of the molecule is Cc1cc(C)n([C@H](C)C(=O)N(CC(F)F)C2CC2)n1. The molecule has 1 aliphatic carbocycles. The highest BCUT2D eigenvalue weighted by Gasteiger charge is 2.36. The summed E-state index contributed by atoms with van der Waals surface area (Å²) in [7, 11) is 0. The van der Waals surface area contributed by atoms with E-state index < -0.39 is 19.0 Å². The van der Waals surface area contributed by atoms with E-state index in [4.69, 9.17) is 0 Å². The van der Waals surface area contributed by atoms with Crippen molar-refractivity contribution in [1.29, 1.82) is 0 Å². The van der Waals surface area contributed by atoms with E-state index >= 15 is 0 Å². The number of nitrogens with zero attached hydrogens (tertiary/aromatic N) is 3. The lowest BCUT2D eigenvalue weighted by Gasteiger charge is -2.26. The molecule has 2 rings (SSSR count). The zero-order valence-corrected chi connectivity index (χ0v) is 11.4. The van der Waals surface area contributed by atoms with Crippen molar-refractivity contribution in [3.8, 4) is 0 Å². The van der Waals surface area contributed by atoms with Gasteiger partial charge in [-0.2, -0.15) is 5.10 Å². The Balaban J connectivity index is 2.14. The maximum absolute atomic E-state index is 12.6. The number of amides is 1. The third kappa shape index (κ3) is 3.11. The molecule has 106 valence electrons. The molecule has 1 aromatic rings. The molecule has 6 heteroatoms. The minimum absolute atomic E-state index is 0.0130. The van der Waals surface area contributed by atoms with Gasteiger partial charge in [0.05, 0.1) is 12.2 Å². The maximum atomic E-state index is 12.6. The summed E-state index contributed by atoms with van der Waals surface area (Å²) in [5, 5.41) is 4.25. The highest BCUT2D eigenvalue weighted by molar-refractivity contribution is 5.80. The Morgan fingerprint density at radius 1 is 1.53 bits per heavy atom. The lowest BCUT2D eigenvalue weighted by Crippen LogP contribution is -2.41. The van der Waals surface area contributed by atoms with E-state index in [1.165, 1.54) is 4.90 Å². The molecule has 0 N–H and O–H groups in total. The number of carbonyl (C=O) groups is 1. The fourth-order valence-corrected chi connectivity index (χ4v) is 2.34. The van der Waals surface area contributed by atoms with E-state index in [0.29, 0.717) is 0 Å². The summed E-state index contributed by atoms with van der Waals surface area (Å²) in [4.78, 5) is 13.7. The van der Waals surface area contributed by atoms with E-state index in [-0.39, 0.29) is 11.9 Å². The van der Waals surface area contributed by atoms with Gasteiger partial charge in [0.25, 0.3) is 6.43 Å². The van der Waals surface area contributed by atoms with Gasteiger partial charge in [-0.3, -0.25) is 9.48 Å². The lowest BCUT2D eigenvalue weighted by atomic mass is 10.2. The van der Waals surface area contributed by atoms with Crippen molar-refractivity contribution >= 4 is 5.91 Å². The standard InChI is InChI=1S/C13H19F2N3O/c1-8-6-9(2)18(16-8)10(3)13(19)17(7-12(14)15)11-4-5-11/h6,10-12H,4-5,7H2,1-3H3/t10-/m1/s1. The highest BCUT2D eigenvalue weighted by Crippen LogP contribution is 2.29. The normalized spacial score (nSPS) is 16.7. The number of hydrogen-bond donors (Lipinski definition) is 0. The number of hydrogen-bond acceptors (Lipinski definition) is 2. The summed E-state index contributed by atoms with van der Waals surface area (Å²) in [5.74, 6) is -0.269. The number of halogens is 2. The van der Waals surface area contributed by atoms with Gasteiger partial charge in [0, 0.05) is 11.7 Å². The Labute approximate surface area is 111 Å². The van der Waals surface area contributed by atoms with Crippen molar-refractivity contribution in [2.45, 2.75) is 52.1 Å². The molecule has 1 saturated carbocycles. The largest absolute Gasteiger partial charge is 0.332 e. The van der Waals surface area contributed by atoms with Crippen molar-refractivity contribution in [3.63, 3.8) is 0 Å². The molecule has 1 amide bonds. The molecule has 0 saturated heterocycles. The summed E-state index contributed by atoms with van der Waals surface area (Å²) in [6.07, 6.45) is -0.845. The van der Waals surface area contributed by atoms with Crippen LogP contribution >= 0.6 is 0 Å². The zero-order valence-electron chi connectivity index (χ0n) is 11.4. The van der Waals surface area contributed by atoms with E-state index in [1.54, 1.807) is 11.6 Å². The van der Waals surface area contributed by atoms with Crippen molar-refractivity contribution in [2.24, 2.45) is 0 Å². The number of carbonyl (C=O) groups excluding carboxylic acids is 1. The van der Waals surface area contributed by atoms with Crippen LogP contribution in [0.5, 0.6) is 0 Å². The smallest absolute Gasteiger partial charge is 0.255 e. The second-order valence-corrected chi connectivity index (χ2v) is 5.16. The quantitative estimate of drug-likeness (QED) is 0.824. The lowest BCUT2D eigenvalue weighted by molar-refractivity contribution is -0.137. The summed E-state index contributed by atoms with van der Waals surface area (Å²) >= 11 is 0. The van der Waals surface area contributed by atoms with E-state index in [9.17, 15) is 13.6 Å². The summed E-state index contributed by atoms with van der Waals surface area (Å²) < 4.78 is 26.7.